The van der Waals surface area contributed by atoms with Gasteiger partial charge in [0.1, 0.15) is 17.0 Å². The summed E-state index contributed by atoms with van der Waals surface area (Å²) in [7, 11) is 1.65. The molecule has 0 N–H and O–H groups in total. The standard InChI is InChI=1S/C25H26N2O7/c1-25(2)33-23(28)19(24(29)34-25)14-16-8-9-20(21(15-16)27(30)31)26-12-10-17(11-13-26)18-6-4-5-7-22(18)32-3/h4-9,14-15,17H,10-13H2,1-3H3. The normalized spacial score (nSPS) is 18.2. The SMILES string of the molecule is COc1ccccc1C1CCN(c2ccc(C=C3C(=O)OC(C)(C)OC3=O)cc2[N+](=O)[O-])CC1. The van der Waals surface area contributed by atoms with Crippen LogP contribution < -0.4 is 9.64 Å². The Morgan fingerprint density at radius 3 is 2.35 bits per heavy atom. The molecule has 0 aromatic heterocycles. The van der Waals surface area contributed by atoms with Gasteiger partial charge in [-0.05, 0) is 48.1 Å². The predicted molar refractivity (Wildman–Crippen MR) is 125 cm³/mol. The van der Waals surface area contributed by atoms with Gasteiger partial charge < -0.3 is 19.1 Å². The first-order valence-electron chi connectivity index (χ1n) is 11.0. The molecule has 9 nitrogen and oxygen atoms in total. The largest absolute Gasteiger partial charge is 0.496 e. The van der Waals surface area contributed by atoms with Crippen molar-refractivity contribution in [3.63, 3.8) is 0 Å². The number of hydrogen-bond acceptors (Lipinski definition) is 8. The van der Waals surface area contributed by atoms with Gasteiger partial charge in [-0.25, -0.2) is 9.59 Å². The minimum atomic E-state index is -1.35. The summed E-state index contributed by atoms with van der Waals surface area (Å²) < 4.78 is 15.7. The van der Waals surface area contributed by atoms with Crippen molar-refractivity contribution < 1.29 is 28.7 Å². The maximum Gasteiger partial charge on any atom is 0.348 e. The Labute approximate surface area is 197 Å². The first-order chi connectivity index (χ1) is 16.2. The molecule has 4 rings (SSSR count). The Balaban J connectivity index is 1.55. The smallest absolute Gasteiger partial charge is 0.348 e. The van der Waals surface area contributed by atoms with Crippen LogP contribution in [-0.4, -0.2) is 42.8 Å². The molecule has 2 fully saturated rings. The molecule has 0 atom stereocenters. The number of nitro benzene ring substituents is 1. The van der Waals surface area contributed by atoms with Crippen LogP contribution in [0.4, 0.5) is 11.4 Å². The second-order valence-corrected chi connectivity index (χ2v) is 8.75. The highest BCUT2D eigenvalue weighted by molar-refractivity contribution is 6.18. The van der Waals surface area contributed by atoms with Crippen molar-refractivity contribution in [2.75, 3.05) is 25.1 Å². The molecule has 0 saturated carbocycles. The van der Waals surface area contributed by atoms with E-state index in [0.29, 0.717) is 30.3 Å². The summed E-state index contributed by atoms with van der Waals surface area (Å²) in [5.41, 5.74) is 1.58. The molecule has 0 bridgehead atoms. The molecule has 0 amide bonds. The molecular formula is C25H26N2O7. The van der Waals surface area contributed by atoms with Crippen molar-refractivity contribution in [2.24, 2.45) is 0 Å². The molecule has 2 aromatic rings. The molecular weight excluding hydrogens is 440 g/mol. The number of anilines is 1. The monoisotopic (exact) mass is 466 g/mol. The summed E-state index contributed by atoms with van der Waals surface area (Å²) in [6.45, 7) is 4.21. The number of para-hydroxylation sites is 1. The highest BCUT2D eigenvalue weighted by Gasteiger charge is 2.39. The second-order valence-electron chi connectivity index (χ2n) is 8.75. The summed E-state index contributed by atoms with van der Waals surface area (Å²) >= 11 is 0. The summed E-state index contributed by atoms with van der Waals surface area (Å²) in [6, 6.07) is 12.6. The average molecular weight is 466 g/mol. The number of piperidine rings is 1. The van der Waals surface area contributed by atoms with E-state index >= 15 is 0 Å². The maximum atomic E-state index is 12.2. The number of rotatable bonds is 5. The Morgan fingerprint density at radius 1 is 1.09 bits per heavy atom. The third kappa shape index (κ3) is 4.73. The Bertz CT molecular complexity index is 1140. The van der Waals surface area contributed by atoms with Crippen LogP contribution >= 0.6 is 0 Å². The highest BCUT2D eigenvalue weighted by Crippen LogP contribution is 2.38. The average Bonchev–Trinajstić information content (AvgIpc) is 2.81. The van der Waals surface area contributed by atoms with E-state index in [9.17, 15) is 19.7 Å². The quantitative estimate of drug-likeness (QED) is 0.212. The zero-order valence-corrected chi connectivity index (χ0v) is 19.3. The Morgan fingerprint density at radius 2 is 1.74 bits per heavy atom. The van der Waals surface area contributed by atoms with Crippen molar-refractivity contribution in [3.05, 3.63) is 69.3 Å². The maximum absolute atomic E-state index is 12.2. The lowest BCUT2D eigenvalue weighted by Crippen LogP contribution is -2.41. The van der Waals surface area contributed by atoms with E-state index in [1.807, 2.05) is 23.1 Å². The zero-order chi connectivity index (χ0) is 24.5. The number of carbonyl (C=O) groups is 2. The van der Waals surface area contributed by atoms with Crippen molar-refractivity contribution in [1.82, 2.24) is 0 Å². The molecule has 178 valence electrons. The number of hydrogen-bond donors (Lipinski definition) is 0. The number of methoxy groups -OCH3 is 1. The van der Waals surface area contributed by atoms with Gasteiger partial charge in [-0.2, -0.15) is 0 Å². The number of carbonyl (C=O) groups excluding carboxylic acids is 2. The second kappa shape index (κ2) is 9.17. The molecule has 34 heavy (non-hydrogen) atoms. The van der Waals surface area contributed by atoms with Crippen LogP contribution in [0.3, 0.4) is 0 Å². The van der Waals surface area contributed by atoms with Crippen molar-refractivity contribution in [3.8, 4) is 5.75 Å². The van der Waals surface area contributed by atoms with Gasteiger partial charge in [-0.15, -0.1) is 0 Å². The highest BCUT2D eigenvalue weighted by atomic mass is 16.7. The van der Waals surface area contributed by atoms with Crippen LogP contribution in [0.15, 0.2) is 48.0 Å². The summed E-state index contributed by atoms with van der Waals surface area (Å²) in [5.74, 6) is -1.84. The van der Waals surface area contributed by atoms with E-state index in [1.165, 1.54) is 26.0 Å². The summed E-state index contributed by atoms with van der Waals surface area (Å²) in [4.78, 5) is 37.8. The number of cyclic esters (lactones) is 2. The van der Waals surface area contributed by atoms with Crippen LogP contribution in [0.25, 0.3) is 6.08 Å². The third-order valence-electron chi connectivity index (χ3n) is 6.04. The molecule has 0 radical (unpaired) electrons. The van der Waals surface area contributed by atoms with Gasteiger partial charge in [-0.1, -0.05) is 24.3 Å². The van der Waals surface area contributed by atoms with Crippen LogP contribution in [0.2, 0.25) is 0 Å². The van der Waals surface area contributed by atoms with E-state index < -0.39 is 22.6 Å². The van der Waals surface area contributed by atoms with Gasteiger partial charge in [-0.3, -0.25) is 10.1 Å². The minimum absolute atomic E-state index is 0.0945. The van der Waals surface area contributed by atoms with Gasteiger partial charge in [0, 0.05) is 33.0 Å². The van der Waals surface area contributed by atoms with Gasteiger partial charge in [0.05, 0.1) is 12.0 Å². The van der Waals surface area contributed by atoms with Gasteiger partial charge in [0.2, 0.25) is 0 Å². The van der Waals surface area contributed by atoms with E-state index in [2.05, 4.69) is 6.07 Å². The molecule has 2 saturated heterocycles. The number of nitro groups is 1. The number of nitrogens with zero attached hydrogens (tertiary/aromatic N) is 2. The first-order valence-corrected chi connectivity index (χ1v) is 11.0. The van der Waals surface area contributed by atoms with Gasteiger partial charge in [0.15, 0.2) is 0 Å². The summed E-state index contributed by atoms with van der Waals surface area (Å²) in [5, 5.41) is 11.9. The number of esters is 2. The van der Waals surface area contributed by atoms with E-state index in [1.54, 1.807) is 19.2 Å². The molecule has 0 spiro atoms. The molecule has 2 aromatic carbocycles. The Hall–Kier alpha value is -3.88. The van der Waals surface area contributed by atoms with E-state index in [-0.39, 0.29) is 11.3 Å². The van der Waals surface area contributed by atoms with Crippen LogP contribution in [0.1, 0.15) is 43.7 Å². The predicted octanol–water partition coefficient (Wildman–Crippen LogP) is 4.21. The number of ether oxygens (including phenoxy) is 3. The topological polar surface area (TPSA) is 108 Å². The van der Waals surface area contributed by atoms with Gasteiger partial charge in [0.25, 0.3) is 11.5 Å². The van der Waals surface area contributed by atoms with Crippen molar-refractivity contribution in [1.29, 1.82) is 0 Å². The molecule has 2 aliphatic heterocycles. The minimum Gasteiger partial charge on any atom is -0.496 e. The van der Waals surface area contributed by atoms with Crippen LogP contribution in [0, 0.1) is 10.1 Å². The lowest BCUT2D eigenvalue weighted by Gasteiger charge is -2.34. The number of benzene rings is 2. The third-order valence-corrected chi connectivity index (χ3v) is 6.04. The van der Waals surface area contributed by atoms with Crippen LogP contribution in [0.5, 0.6) is 5.75 Å². The fraction of sp³-hybridized carbons (Fsp3) is 0.360. The first kappa shape index (κ1) is 23.3. The molecule has 9 heteroatoms. The summed E-state index contributed by atoms with van der Waals surface area (Å²) in [6.07, 6.45) is 2.91. The van der Waals surface area contributed by atoms with Gasteiger partial charge >= 0.3 is 11.9 Å². The molecule has 0 unspecified atom stereocenters. The van der Waals surface area contributed by atoms with Crippen LogP contribution in [-0.2, 0) is 19.1 Å². The fourth-order valence-corrected chi connectivity index (χ4v) is 4.42. The Kier molecular flexibility index (Phi) is 6.28. The lowest BCUT2D eigenvalue weighted by molar-refractivity contribution is -0.384. The zero-order valence-electron chi connectivity index (χ0n) is 19.3. The van der Waals surface area contributed by atoms with Crippen molar-refractivity contribution in [2.45, 2.75) is 38.4 Å². The van der Waals surface area contributed by atoms with Crippen molar-refractivity contribution >= 4 is 29.4 Å². The fourth-order valence-electron chi connectivity index (χ4n) is 4.42. The van der Waals surface area contributed by atoms with E-state index in [4.69, 9.17) is 14.2 Å². The molecule has 2 aliphatic rings. The lowest BCUT2D eigenvalue weighted by atomic mass is 9.88. The molecule has 0 aliphatic carbocycles. The molecule has 2 heterocycles. The van der Waals surface area contributed by atoms with E-state index in [0.717, 1.165) is 24.2 Å².